The third-order valence-electron chi connectivity index (χ3n) is 9.30. The first-order valence-electron chi connectivity index (χ1n) is 10.2. The summed E-state index contributed by atoms with van der Waals surface area (Å²) in [7, 11) is 0. The summed E-state index contributed by atoms with van der Waals surface area (Å²) in [6.45, 7) is 5.88. The minimum Gasteiger partial charge on any atom is -0.393 e. The molecule has 25 heavy (non-hydrogen) atoms. The predicted molar refractivity (Wildman–Crippen MR) is 94.8 cm³/mol. The lowest BCUT2D eigenvalue weighted by molar-refractivity contribution is -0.201. The highest BCUT2D eigenvalue weighted by Gasteiger charge is 2.68. The van der Waals surface area contributed by atoms with Gasteiger partial charge in [-0.3, -0.25) is 4.79 Å². The normalized spacial score (nSPS) is 58.2. The first-order valence-corrected chi connectivity index (χ1v) is 10.2. The van der Waals surface area contributed by atoms with Crippen LogP contribution in [0.2, 0.25) is 0 Å². The second-order valence-electron chi connectivity index (χ2n) is 10.1. The maximum atomic E-state index is 12.3. The standard InChI is InChI=1S/C21H34O4/c1-12(22)21(25)9-7-16-15-5-4-13-10-14(23)6-8-19(13,2)18(15)17(24)11-20(16,21)3/h13-18,23-25H,4-11H2,1-3H3/t13-,14+,15-,16-,17-,18+,19-,20-,21-/m0/s1. The molecule has 4 heteroatoms. The largest absolute Gasteiger partial charge is 0.393 e. The molecule has 4 aliphatic carbocycles. The average Bonchev–Trinajstić information content (AvgIpc) is 2.80. The van der Waals surface area contributed by atoms with Gasteiger partial charge in [0, 0.05) is 5.41 Å². The van der Waals surface area contributed by atoms with E-state index in [0.717, 1.165) is 38.5 Å². The van der Waals surface area contributed by atoms with Gasteiger partial charge in [0.15, 0.2) is 5.78 Å². The van der Waals surface area contributed by atoms with Gasteiger partial charge in [-0.2, -0.15) is 0 Å². The Morgan fingerprint density at radius 2 is 1.76 bits per heavy atom. The Morgan fingerprint density at radius 1 is 1.04 bits per heavy atom. The first-order chi connectivity index (χ1) is 11.6. The SMILES string of the molecule is CC(=O)[C@@]1(O)CC[C@H]2[C@@H]3CC[C@H]4C[C@H](O)CC[C@]4(C)[C@H]3[C@@H](O)C[C@@]21C. The van der Waals surface area contributed by atoms with Crippen molar-refractivity contribution in [2.24, 2.45) is 34.5 Å². The summed E-state index contributed by atoms with van der Waals surface area (Å²) in [6, 6.07) is 0. The molecule has 0 unspecified atom stereocenters. The van der Waals surface area contributed by atoms with E-state index in [2.05, 4.69) is 6.92 Å². The van der Waals surface area contributed by atoms with Crippen LogP contribution in [-0.4, -0.2) is 38.9 Å². The maximum absolute atomic E-state index is 12.3. The lowest BCUT2D eigenvalue weighted by Crippen LogP contribution is -2.62. The molecule has 0 spiro atoms. The fourth-order valence-electron chi connectivity index (χ4n) is 7.94. The lowest BCUT2D eigenvalue weighted by atomic mass is 9.43. The number of fused-ring (bicyclic) bond motifs is 5. The van der Waals surface area contributed by atoms with Gasteiger partial charge in [-0.15, -0.1) is 0 Å². The van der Waals surface area contributed by atoms with Crippen LogP contribution in [0, 0.1) is 34.5 Å². The van der Waals surface area contributed by atoms with Gasteiger partial charge in [-0.05, 0) is 87.4 Å². The molecule has 0 radical (unpaired) electrons. The van der Waals surface area contributed by atoms with Crippen LogP contribution in [0.4, 0.5) is 0 Å². The lowest BCUT2D eigenvalue weighted by Gasteiger charge is -2.62. The van der Waals surface area contributed by atoms with Gasteiger partial charge >= 0.3 is 0 Å². The molecule has 0 aliphatic heterocycles. The van der Waals surface area contributed by atoms with Crippen LogP contribution in [0.1, 0.15) is 72.1 Å². The van der Waals surface area contributed by atoms with Crippen LogP contribution >= 0.6 is 0 Å². The van der Waals surface area contributed by atoms with E-state index in [9.17, 15) is 20.1 Å². The van der Waals surface area contributed by atoms with E-state index in [-0.39, 0.29) is 23.2 Å². The van der Waals surface area contributed by atoms with Gasteiger partial charge in [0.2, 0.25) is 0 Å². The molecule has 4 rings (SSSR count). The van der Waals surface area contributed by atoms with Crippen molar-refractivity contribution in [3.8, 4) is 0 Å². The highest BCUT2D eigenvalue weighted by molar-refractivity contribution is 5.86. The molecule has 0 heterocycles. The Hall–Kier alpha value is -0.450. The van der Waals surface area contributed by atoms with E-state index >= 15 is 0 Å². The van der Waals surface area contributed by atoms with Crippen molar-refractivity contribution in [1.29, 1.82) is 0 Å². The van der Waals surface area contributed by atoms with Crippen molar-refractivity contribution in [3.63, 3.8) is 0 Å². The van der Waals surface area contributed by atoms with Crippen molar-refractivity contribution in [2.45, 2.75) is 89.9 Å². The van der Waals surface area contributed by atoms with Crippen LogP contribution in [0.25, 0.3) is 0 Å². The van der Waals surface area contributed by atoms with Crippen LogP contribution in [0.15, 0.2) is 0 Å². The van der Waals surface area contributed by atoms with E-state index in [1.54, 1.807) is 0 Å². The van der Waals surface area contributed by atoms with Gasteiger partial charge < -0.3 is 15.3 Å². The van der Waals surface area contributed by atoms with Crippen LogP contribution in [0.3, 0.4) is 0 Å². The Kier molecular flexibility index (Phi) is 3.97. The van der Waals surface area contributed by atoms with Crippen LogP contribution < -0.4 is 0 Å². The van der Waals surface area contributed by atoms with E-state index in [1.165, 1.54) is 6.92 Å². The molecule has 4 aliphatic rings. The summed E-state index contributed by atoms with van der Waals surface area (Å²) in [5.74, 6) is 1.30. The highest BCUT2D eigenvalue weighted by Crippen LogP contribution is 2.68. The molecule has 9 atom stereocenters. The van der Waals surface area contributed by atoms with Crippen molar-refractivity contribution >= 4 is 5.78 Å². The van der Waals surface area contributed by atoms with Crippen molar-refractivity contribution < 1.29 is 20.1 Å². The molecule has 0 aromatic rings. The third kappa shape index (κ3) is 2.20. The zero-order valence-electron chi connectivity index (χ0n) is 15.9. The predicted octanol–water partition coefficient (Wildman–Crippen LogP) is 2.68. The van der Waals surface area contributed by atoms with Gasteiger partial charge in [0.25, 0.3) is 0 Å². The summed E-state index contributed by atoms with van der Waals surface area (Å²) >= 11 is 0. The summed E-state index contributed by atoms with van der Waals surface area (Å²) in [5, 5.41) is 32.5. The Balaban J connectivity index is 1.70. The molecular weight excluding hydrogens is 316 g/mol. The van der Waals surface area contributed by atoms with E-state index in [0.29, 0.717) is 30.6 Å². The summed E-state index contributed by atoms with van der Waals surface area (Å²) in [6.07, 6.45) is 6.16. The molecule has 4 nitrogen and oxygen atoms in total. The van der Waals surface area contributed by atoms with E-state index in [1.807, 2.05) is 6.92 Å². The zero-order chi connectivity index (χ0) is 18.2. The van der Waals surface area contributed by atoms with Crippen molar-refractivity contribution in [3.05, 3.63) is 0 Å². The molecular formula is C21H34O4. The monoisotopic (exact) mass is 350 g/mol. The van der Waals surface area contributed by atoms with Gasteiger partial charge in [-0.25, -0.2) is 0 Å². The topological polar surface area (TPSA) is 77.8 Å². The molecule has 4 saturated carbocycles. The Bertz CT molecular complexity index is 576. The number of hydrogen-bond donors (Lipinski definition) is 3. The molecule has 142 valence electrons. The second-order valence-corrected chi connectivity index (χ2v) is 10.1. The van der Waals surface area contributed by atoms with Crippen molar-refractivity contribution in [2.75, 3.05) is 0 Å². The molecule has 0 saturated heterocycles. The quantitative estimate of drug-likeness (QED) is 0.679. The minimum atomic E-state index is -1.27. The minimum absolute atomic E-state index is 0.0832. The Labute approximate surface area is 151 Å². The Morgan fingerprint density at radius 3 is 2.44 bits per heavy atom. The fraction of sp³-hybridized carbons (Fsp3) is 0.952. The molecule has 0 amide bonds. The summed E-state index contributed by atoms with van der Waals surface area (Å²) < 4.78 is 0. The third-order valence-corrected chi connectivity index (χ3v) is 9.30. The number of rotatable bonds is 1. The number of aliphatic hydroxyl groups excluding tert-OH is 2. The van der Waals surface area contributed by atoms with Gasteiger partial charge in [-0.1, -0.05) is 13.8 Å². The summed E-state index contributed by atoms with van der Waals surface area (Å²) in [5.41, 5.74) is -1.69. The summed E-state index contributed by atoms with van der Waals surface area (Å²) in [4.78, 5) is 12.3. The van der Waals surface area contributed by atoms with Gasteiger partial charge in [0.05, 0.1) is 12.2 Å². The molecule has 0 bridgehead atoms. The molecule has 0 aromatic carbocycles. The number of carbonyl (C=O) groups excluding carboxylic acids is 1. The van der Waals surface area contributed by atoms with Crippen LogP contribution in [0.5, 0.6) is 0 Å². The molecule has 3 N–H and O–H groups in total. The van der Waals surface area contributed by atoms with Crippen LogP contribution in [-0.2, 0) is 4.79 Å². The average molecular weight is 350 g/mol. The molecule has 4 fully saturated rings. The zero-order valence-corrected chi connectivity index (χ0v) is 15.9. The number of Topliss-reactive ketones (excluding diaryl/α,β-unsaturated/α-hetero) is 1. The second kappa shape index (κ2) is 5.53. The first kappa shape index (κ1) is 17.9. The molecule has 0 aromatic heterocycles. The number of hydrogen-bond acceptors (Lipinski definition) is 4. The van der Waals surface area contributed by atoms with Gasteiger partial charge in [0.1, 0.15) is 5.60 Å². The van der Waals surface area contributed by atoms with Crippen molar-refractivity contribution in [1.82, 2.24) is 0 Å². The number of aliphatic hydroxyl groups is 3. The smallest absolute Gasteiger partial charge is 0.161 e. The number of ketones is 1. The van der Waals surface area contributed by atoms with E-state index in [4.69, 9.17) is 0 Å². The maximum Gasteiger partial charge on any atom is 0.161 e. The fourth-order valence-corrected chi connectivity index (χ4v) is 7.94. The van der Waals surface area contributed by atoms with E-state index < -0.39 is 17.1 Å². The highest BCUT2D eigenvalue weighted by atomic mass is 16.3. The number of carbonyl (C=O) groups is 1.